The summed E-state index contributed by atoms with van der Waals surface area (Å²) in [5.74, 6) is 1.42. The van der Waals surface area contributed by atoms with Crippen LogP contribution in [-0.2, 0) is 28.9 Å². The third-order valence-electron chi connectivity index (χ3n) is 10.5. The predicted octanol–water partition coefficient (Wildman–Crippen LogP) is 10.9. The molecule has 1 saturated carbocycles. The van der Waals surface area contributed by atoms with Gasteiger partial charge in [-0.1, -0.05) is 115 Å². The zero-order valence-corrected chi connectivity index (χ0v) is 30.4. The molecule has 0 aliphatic heterocycles. The molecule has 2 aliphatic rings. The van der Waals surface area contributed by atoms with E-state index in [2.05, 4.69) is 40.7 Å². The van der Waals surface area contributed by atoms with E-state index in [-0.39, 0.29) is 47.3 Å². The van der Waals surface area contributed by atoms with Crippen LogP contribution in [0.2, 0.25) is 0 Å². The van der Waals surface area contributed by atoms with Crippen molar-refractivity contribution >= 4 is 23.1 Å². The maximum Gasteiger partial charge on any atom is 0.163 e. The number of aryl methyl sites for hydroxylation is 2. The van der Waals surface area contributed by atoms with Crippen LogP contribution >= 0.6 is 0 Å². The van der Waals surface area contributed by atoms with Crippen molar-refractivity contribution in [2.45, 2.75) is 151 Å². The first kappa shape index (κ1) is 38.6. The van der Waals surface area contributed by atoms with E-state index in [1.807, 2.05) is 30.3 Å². The van der Waals surface area contributed by atoms with Crippen molar-refractivity contribution < 1.29 is 19.2 Å². The molecule has 2 aromatic rings. The minimum absolute atomic E-state index is 0.0191. The quantitative estimate of drug-likeness (QED) is 0.135. The van der Waals surface area contributed by atoms with Crippen molar-refractivity contribution in [3.8, 4) is 0 Å². The van der Waals surface area contributed by atoms with Crippen LogP contribution in [0.25, 0.3) is 0 Å². The Balaban J connectivity index is 0.00000192. The molecule has 47 heavy (non-hydrogen) atoms. The standard InChI is InChI=1S/C40H54O4.C3H8/c1-5-13-33(35(6-2)38(43)22-27(3)41)23-30-24-36-34(19-18-29-14-9-7-10-15-29)26-32(28(4)40(36)39(44)25-30)20-21-37(42)31-16-11-8-12-17-31;1-3-2/h8,11-12,16-17,26,29-30,33,35H,5-7,9-10,13-15,18-25H2,1-4H3;3H2,1-2H3. The third-order valence-corrected chi connectivity index (χ3v) is 10.5. The molecule has 258 valence electrons. The van der Waals surface area contributed by atoms with Gasteiger partial charge in [-0.3, -0.25) is 19.2 Å². The smallest absolute Gasteiger partial charge is 0.163 e. The van der Waals surface area contributed by atoms with Gasteiger partial charge in [0, 0.05) is 29.9 Å². The van der Waals surface area contributed by atoms with E-state index >= 15 is 0 Å². The number of hydrogen-bond acceptors (Lipinski definition) is 4. The van der Waals surface area contributed by atoms with Gasteiger partial charge >= 0.3 is 0 Å². The highest BCUT2D eigenvalue weighted by atomic mass is 16.1. The van der Waals surface area contributed by atoms with Crippen molar-refractivity contribution in [1.82, 2.24) is 0 Å². The van der Waals surface area contributed by atoms with Crippen molar-refractivity contribution in [2.24, 2.45) is 23.7 Å². The molecule has 0 N–H and O–H groups in total. The number of ketones is 4. The monoisotopic (exact) mass is 642 g/mol. The molecule has 3 atom stereocenters. The van der Waals surface area contributed by atoms with E-state index in [0.717, 1.165) is 73.1 Å². The lowest BCUT2D eigenvalue weighted by Gasteiger charge is -2.33. The Morgan fingerprint density at radius 2 is 1.55 bits per heavy atom. The summed E-state index contributed by atoms with van der Waals surface area (Å²) in [7, 11) is 0. The zero-order valence-electron chi connectivity index (χ0n) is 30.4. The summed E-state index contributed by atoms with van der Waals surface area (Å²) in [6.07, 6.45) is 16.0. The number of hydrogen-bond donors (Lipinski definition) is 0. The number of rotatable bonds is 16. The average molecular weight is 643 g/mol. The molecule has 0 aromatic heterocycles. The molecule has 4 nitrogen and oxygen atoms in total. The summed E-state index contributed by atoms with van der Waals surface area (Å²) < 4.78 is 0. The molecule has 0 radical (unpaired) electrons. The fraction of sp³-hybridized carbons (Fsp3) is 0.628. The maximum atomic E-state index is 14.0. The van der Waals surface area contributed by atoms with Gasteiger partial charge in [0.2, 0.25) is 0 Å². The van der Waals surface area contributed by atoms with Gasteiger partial charge in [0.1, 0.15) is 11.6 Å². The fourth-order valence-corrected chi connectivity index (χ4v) is 8.27. The SMILES string of the molecule is CCC.CCCC(CC1CC(=O)c2c(C)c(CCC(=O)c3ccccc3)cc(CCC3CCCCC3)c2C1)C(CC)C(=O)CC(C)=O. The highest BCUT2D eigenvalue weighted by Crippen LogP contribution is 2.39. The highest BCUT2D eigenvalue weighted by molar-refractivity contribution is 6.01. The van der Waals surface area contributed by atoms with E-state index in [9.17, 15) is 19.2 Å². The van der Waals surface area contributed by atoms with Crippen molar-refractivity contribution in [3.05, 3.63) is 69.8 Å². The van der Waals surface area contributed by atoms with E-state index < -0.39 is 0 Å². The first-order valence-corrected chi connectivity index (χ1v) is 18.9. The predicted molar refractivity (Wildman–Crippen MR) is 194 cm³/mol. The van der Waals surface area contributed by atoms with Gasteiger partial charge in [0.05, 0.1) is 6.42 Å². The summed E-state index contributed by atoms with van der Waals surface area (Å²) in [6.45, 7) is 12.0. The van der Waals surface area contributed by atoms with Crippen molar-refractivity contribution in [1.29, 1.82) is 0 Å². The lowest BCUT2D eigenvalue weighted by molar-refractivity contribution is -0.129. The number of Topliss-reactive ketones (excluding diaryl/α,β-unsaturated/α-hetero) is 4. The molecule has 0 spiro atoms. The first-order chi connectivity index (χ1) is 22.6. The Labute approximate surface area is 285 Å². The fourth-order valence-electron chi connectivity index (χ4n) is 8.27. The molecule has 0 amide bonds. The van der Waals surface area contributed by atoms with Crippen LogP contribution in [0.15, 0.2) is 36.4 Å². The topological polar surface area (TPSA) is 68.3 Å². The number of carbonyl (C=O) groups excluding carboxylic acids is 4. The Kier molecular flexibility index (Phi) is 16.3. The molecule has 3 unspecified atom stereocenters. The molecule has 2 aromatic carbocycles. The summed E-state index contributed by atoms with van der Waals surface area (Å²) >= 11 is 0. The lowest BCUT2D eigenvalue weighted by atomic mass is 9.70. The zero-order chi connectivity index (χ0) is 34.3. The van der Waals surface area contributed by atoms with Crippen molar-refractivity contribution in [3.63, 3.8) is 0 Å². The Morgan fingerprint density at radius 1 is 0.872 bits per heavy atom. The summed E-state index contributed by atoms with van der Waals surface area (Å²) in [6, 6.07) is 11.8. The van der Waals surface area contributed by atoms with Gasteiger partial charge in [0.15, 0.2) is 11.6 Å². The maximum absolute atomic E-state index is 14.0. The molecule has 4 heteroatoms. The molecule has 0 heterocycles. The largest absolute Gasteiger partial charge is 0.300 e. The number of benzene rings is 2. The van der Waals surface area contributed by atoms with Gasteiger partial charge in [0.25, 0.3) is 0 Å². The normalized spacial score (nSPS) is 17.7. The van der Waals surface area contributed by atoms with E-state index in [1.54, 1.807) is 0 Å². The Morgan fingerprint density at radius 3 is 2.17 bits per heavy atom. The van der Waals surface area contributed by atoms with Crippen LogP contribution < -0.4 is 0 Å². The molecular weight excluding hydrogens is 580 g/mol. The van der Waals surface area contributed by atoms with E-state index in [0.29, 0.717) is 19.3 Å². The molecule has 1 fully saturated rings. The summed E-state index contributed by atoms with van der Waals surface area (Å²) in [5.41, 5.74) is 6.39. The Hall–Kier alpha value is -2.88. The number of carbonyl (C=O) groups is 4. The first-order valence-electron chi connectivity index (χ1n) is 18.9. The minimum atomic E-state index is -0.118. The summed E-state index contributed by atoms with van der Waals surface area (Å²) in [5, 5.41) is 0. The van der Waals surface area contributed by atoms with Crippen LogP contribution in [0.1, 0.15) is 167 Å². The Bertz CT molecular complexity index is 1320. The second-order valence-corrected chi connectivity index (χ2v) is 14.6. The van der Waals surface area contributed by atoms with Crippen LogP contribution in [-0.4, -0.2) is 23.1 Å². The third kappa shape index (κ3) is 11.4. The van der Waals surface area contributed by atoms with Crippen LogP contribution in [0.3, 0.4) is 0 Å². The van der Waals surface area contributed by atoms with Gasteiger partial charge in [-0.05, 0) is 92.4 Å². The number of fused-ring (bicyclic) bond motifs is 1. The second kappa shape index (κ2) is 19.8. The molecule has 0 saturated heterocycles. The van der Waals surface area contributed by atoms with Crippen LogP contribution in [0.5, 0.6) is 0 Å². The molecule has 2 aliphatic carbocycles. The van der Waals surface area contributed by atoms with Gasteiger partial charge in [-0.25, -0.2) is 0 Å². The molecular formula is C43H62O4. The molecule has 0 bridgehead atoms. The average Bonchev–Trinajstić information content (AvgIpc) is 3.05. The highest BCUT2D eigenvalue weighted by Gasteiger charge is 2.34. The minimum Gasteiger partial charge on any atom is -0.300 e. The lowest BCUT2D eigenvalue weighted by Crippen LogP contribution is -2.30. The van der Waals surface area contributed by atoms with Crippen molar-refractivity contribution in [2.75, 3.05) is 0 Å². The van der Waals surface area contributed by atoms with Crippen LogP contribution in [0.4, 0.5) is 0 Å². The van der Waals surface area contributed by atoms with E-state index in [4.69, 9.17) is 0 Å². The van der Waals surface area contributed by atoms with E-state index in [1.165, 1.54) is 56.6 Å². The van der Waals surface area contributed by atoms with Gasteiger partial charge in [-0.15, -0.1) is 0 Å². The summed E-state index contributed by atoms with van der Waals surface area (Å²) in [4.78, 5) is 51.8. The van der Waals surface area contributed by atoms with Crippen LogP contribution in [0, 0.1) is 30.6 Å². The second-order valence-electron chi connectivity index (χ2n) is 14.6. The molecule has 4 rings (SSSR count). The van der Waals surface area contributed by atoms with Gasteiger partial charge < -0.3 is 0 Å². The van der Waals surface area contributed by atoms with Gasteiger partial charge in [-0.2, -0.15) is 0 Å².